The molecule has 0 spiro atoms. The number of benzene rings is 5. The molecule has 3 aliphatic rings. The van der Waals surface area contributed by atoms with Gasteiger partial charge in [0.2, 0.25) is 0 Å². The van der Waals surface area contributed by atoms with E-state index in [2.05, 4.69) is 75.9 Å². The van der Waals surface area contributed by atoms with Gasteiger partial charge in [0.15, 0.2) is 0 Å². The summed E-state index contributed by atoms with van der Waals surface area (Å²) in [6.07, 6.45) is 4.00. The molecule has 3 fully saturated rings. The number of rotatable bonds is 10. The monoisotopic (exact) mass is 876 g/mol. The first kappa shape index (κ1) is 42.3. The van der Waals surface area contributed by atoms with E-state index in [0.717, 1.165) is 67.8 Å². The molecule has 3 saturated heterocycles. The van der Waals surface area contributed by atoms with Crippen molar-refractivity contribution in [2.24, 2.45) is 5.92 Å². The summed E-state index contributed by atoms with van der Waals surface area (Å²) in [5.74, 6) is 1.06. The summed E-state index contributed by atoms with van der Waals surface area (Å²) in [6.45, 7) is 3.78. The topological polar surface area (TPSA) is 189 Å². The summed E-state index contributed by atoms with van der Waals surface area (Å²) in [4.78, 5) is 57.6. The summed E-state index contributed by atoms with van der Waals surface area (Å²) < 4.78 is 8.95. The van der Waals surface area contributed by atoms with E-state index in [-0.39, 0.29) is 17.9 Å². The molecular formula is C50H52N8O7. The Morgan fingerprint density at radius 1 is 0.831 bits per heavy atom. The van der Waals surface area contributed by atoms with Crippen molar-refractivity contribution in [1.29, 1.82) is 0 Å². The molecule has 5 unspecified atom stereocenters. The van der Waals surface area contributed by atoms with Crippen LogP contribution in [0.4, 0.5) is 9.59 Å². The number of ether oxygens (including phenoxy) is 2. The number of carboxylic acid groups (broad SMARTS) is 1. The van der Waals surface area contributed by atoms with Gasteiger partial charge in [-0.25, -0.2) is 14.8 Å². The molecule has 7 aromatic rings. The van der Waals surface area contributed by atoms with Gasteiger partial charge in [-0.15, -0.1) is 5.01 Å². The number of hydrogen-bond donors (Lipinski definition) is 4. The molecular weight excluding hydrogens is 825 g/mol. The Bertz CT molecular complexity index is 2910. The highest BCUT2D eigenvalue weighted by Crippen LogP contribution is 2.41. The van der Waals surface area contributed by atoms with E-state index < -0.39 is 35.1 Å². The fraction of sp³-hybridized carbons (Fsp3) is 0.340. The van der Waals surface area contributed by atoms with Gasteiger partial charge in [-0.1, -0.05) is 72.8 Å². The van der Waals surface area contributed by atoms with Crippen LogP contribution in [0.15, 0.2) is 103 Å². The van der Waals surface area contributed by atoms with E-state index in [4.69, 9.17) is 19.4 Å². The quantitative estimate of drug-likeness (QED) is 0.0761. The predicted octanol–water partition coefficient (Wildman–Crippen LogP) is 9.55. The number of H-pyrrole nitrogens is 2. The van der Waals surface area contributed by atoms with E-state index in [1.165, 1.54) is 7.11 Å². The molecule has 10 rings (SSSR count). The summed E-state index contributed by atoms with van der Waals surface area (Å²) in [6, 6.07) is 30.1. The van der Waals surface area contributed by atoms with E-state index >= 15 is 0 Å². The Morgan fingerprint density at radius 3 is 2.26 bits per heavy atom. The number of nitrogens with zero attached hydrogens (tertiary/aromatic N) is 5. The molecule has 3 aliphatic heterocycles. The molecule has 65 heavy (non-hydrogen) atoms. The summed E-state index contributed by atoms with van der Waals surface area (Å²) in [7, 11) is 1.28. The van der Waals surface area contributed by atoms with Gasteiger partial charge in [0, 0.05) is 43.2 Å². The van der Waals surface area contributed by atoms with E-state index in [1.54, 1.807) is 16.8 Å². The molecule has 5 atom stereocenters. The lowest BCUT2D eigenvalue weighted by Crippen LogP contribution is -2.65. The Hall–Kier alpha value is -6.65. The molecule has 2 aromatic heterocycles. The van der Waals surface area contributed by atoms with E-state index in [0.29, 0.717) is 69.2 Å². The van der Waals surface area contributed by atoms with Gasteiger partial charge >= 0.3 is 12.2 Å². The average Bonchev–Trinajstić information content (AvgIpc) is 4.19. The van der Waals surface area contributed by atoms with Crippen molar-refractivity contribution < 1.29 is 33.7 Å². The number of carbonyl (C=O) groups is 3. The van der Waals surface area contributed by atoms with Crippen molar-refractivity contribution in [3.05, 3.63) is 126 Å². The first-order valence-corrected chi connectivity index (χ1v) is 22.5. The van der Waals surface area contributed by atoms with Crippen LogP contribution in [0.1, 0.15) is 80.8 Å². The van der Waals surface area contributed by atoms with Crippen molar-refractivity contribution in [3.8, 4) is 22.4 Å². The standard InChI is InChI=1S/C50H52N8O7/c1-30(31-20-24-65-25-21-31)58(63,50(61)62)57-23-7-11-43(57)47-52-40-19-17-37-27-36(16-18-39(37)45(40)54-47)33-12-13-35-28-38(15-14-34(35)26-33)41-29-51-46(53-41)42-10-6-22-56(42)48(59)44(55-49(60)64-2)32-8-4-3-5-9-32/h3-5,8-9,12-19,26-31,42-44H,6-7,10-11,20-25H2,1-2H3,(H,51,53)(H,52,54)(H,55,60)(H,61,62). The van der Waals surface area contributed by atoms with Crippen LogP contribution in [0.5, 0.6) is 0 Å². The van der Waals surface area contributed by atoms with Crippen molar-refractivity contribution in [2.75, 3.05) is 33.4 Å². The van der Waals surface area contributed by atoms with Gasteiger partial charge in [0.1, 0.15) is 29.8 Å². The number of fused-ring (bicyclic) bond motifs is 4. The highest BCUT2D eigenvalue weighted by Gasteiger charge is 2.50. The van der Waals surface area contributed by atoms with E-state index in [9.17, 15) is 24.7 Å². The van der Waals surface area contributed by atoms with Gasteiger partial charge in [-0.05, 0) is 103 Å². The zero-order valence-corrected chi connectivity index (χ0v) is 36.4. The van der Waals surface area contributed by atoms with Crippen molar-refractivity contribution >= 4 is 50.7 Å². The zero-order chi connectivity index (χ0) is 44.8. The molecule has 5 aromatic carbocycles. The molecule has 0 radical (unpaired) electrons. The number of likely N-dealkylation sites (tertiary alicyclic amines) is 1. The van der Waals surface area contributed by atoms with E-state index in [1.807, 2.05) is 42.6 Å². The lowest BCUT2D eigenvalue weighted by Gasteiger charge is -2.50. The number of hydroxylamine groups is 2. The number of quaternary nitrogens is 1. The fourth-order valence-electron chi connectivity index (χ4n) is 10.4. The van der Waals surface area contributed by atoms with Crippen molar-refractivity contribution in [3.63, 3.8) is 0 Å². The fourth-order valence-corrected chi connectivity index (χ4v) is 10.4. The number of amides is 3. The second-order valence-electron chi connectivity index (χ2n) is 17.6. The Kier molecular flexibility index (Phi) is 11.3. The maximum Gasteiger partial charge on any atom is 0.534 e. The van der Waals surface area contributed by atoms with Gasteiger partial charge in [0.05, 0.1) is 36.1 Å². The Balaban J connectivity index is 0.870. The number of aromatic nitrogens is 4. The number of nitrogens with one attached hydrogen (secondary N) is 3. The third-order valence-electron chi connectivity index (χ3n) is 13.9. The van der Waals surface area contributed by atoms with Crippen LogP contribution in [-0.4, -0.2) is 97.3 Å². The number of aromatic amines is 2. The predicted molar refractivity (Wildman–Crippen MR) is 246 cm³/mol. The number of carbonyl (C=O) groups excluding carboxylic acids is 2. The normalized spacial score (nSPS) is 20.3. The van der Waals surface area contributed by atoms with Crippen LogP contribution in [0.25, 0.3) is 55.0 Å². The molecule has 334 valence electrons. The molecule has 15 heteroatoms. The van der Waals surface area contributed by atoms with Gasteiger partial charge < -0.3 is 40.0 Å². The first-order valence-electron chi connectivity index (χ1n) is 22.5. The largest absolute Gasteiger partial charge is 0.601 e. The molecule has 0 saturated carbocycles. The minimum Gasteiger partial charge on any atom is -0.601 e. The smallest absolute Gasteiger partial charge is 0.534 e. The molecule has 3 amide bonds. The average molecular weight is 877 g/mol. The molecule has 0 bridgehead atoms. The Morgan fingerprint density at radius 2 is 1.51 bits per heavy atom. The van der Waals surface area contributed by atoms with Crippen molar-refractivity contribution in [2.45, 2.75) is 69.6 Å². The molecule has 4 N–H and O–H groups in total. The third kappa shape index (κ3) is 7.77. The maximum absolute atomic E-state index is 14.5. The lowest BCUT2D eigenvalue weighted by molar-refractivity contribution is -0.956. The second-order valence-corrected chi connectivity index (χ2v) is 17.6. The number of imidazole rings is 2. The minimum absolute atomic E-state index is 0.0432. The first-order chi connectivity index (χ1) is 31.6. The summed E-state index contributed by atoms with van der Waals surface area (Å²) in [5, 5.41) is 33.4. The number of hydrogen-bond acceptors (Lipinski definition) is 9. The lowest BCUT2D eigenvalue weighted by atomic mass is 9.92. The zero-order valence-electron chi connectivity index (χ0n) is 36.4. The highest BCUT2D eigenvalue weighted by molar-refractivity contribution is 6.05. The van der Waals surface area contributed by atoms with Crippen LogP contribution in [0.3, 0.4) is 0 Å². The summed E-state index contributed by atoms with van der Waals surface area (Å²) in [5.41, 5.74) is 6.26. The SMILES string of the molecule is COC(=O)NC(C(=O)N1CCCC1c1ncc(-c2ccc3cc(-c4ccc5c(ccc6nc(C7CCCN7[N+]([O-])(C(=O)O)C(C)C7CCOCC7)[nH]c65)c4)ccc3c2)[nH]1)c1ccccc1. The number of alkyl carbamates (subject to hydrolysis) is 1. The minimum atomic E-state index is -1.41. The molecule has 0 aliphatic carbocycles. The highest BCUT2D eigenvalue weighted by atomic mass is 16.7. The van der Waals surface area contributed by atoms with Gasteiger partial charge in [-0.2, -0.15) is 9.55 Å². The molecule has 5 heterocycles. The van der Waals surface area contributed by atoms with Crippen molar-refractivity contribution in [1.82, 2.24) is 35.2 Å². The molecule has 15 nitrogen and oxygen atoms in total. The Labute approximate surface area is 375 Å². The third-order valence-corrected chi connectivity index (χ3v) is 13.9. The van der Waals surface area contributed by atoms with Crippen LogP contribution < -0.4 is 5.32 Å². The van der Waals surface area contributed by atoms with Gasteiger partial charge in [-0.3, -0.25) is 4.79 Å². The summed E-state index contributed by atoms with van der Waals surface area (Å²) >= 11 is 0. The van der Waals surface area contributed by atoms with Gasteiger partial charge in [0.25, 0.3) is 5.91 Å². The number of methoxy groups -OCH3 is 1. The maximum atomic E-state index is 14.5. The van der Waals surface area contributed by atoms with Crippen LogP contribution in [0.2, 0.25) is 0 Å². The van der Waals surface area contributed by atoms with Crippen LogP contribution in [-0.2, 0) is 14.3 Å². The second kappa shape index (κ2) is 17.4. The van der Waals surface area contributed by atoms with Crippen LogP contribution >= 0.6 is 0 Å². The van der Waals surface area contributed by atoms with Crippen LogP contribution in [0, 0.1) is 11.1 Å².